The van der Waals surface area contributed by atoms with Crippen LogP contribution >= 0.6 is 11.3 Å². The number of aromatic nitrogens is 4. The number of fused-ring (bicyclic) bond motifs is 1. The quantitative estimate of drug-likeness (QED) is 0.222. The molecule has 5 rings (SSSR count). The monoisotopic (exact) mass is 478 g/mol. The number of nitrogens with zero attached hydrogens (tertiary/aromatic N) is 6. The Morgan fingerprint density at radius 1 is 1.24 bits per heavy atom. The van der Waals surface area contributed by atoms with Crippen molar-refractivity contribution in [3.63, 3.8) is 0 Å². The van der Waals surface area contributed by atoms with Gasteiger partial charge >= 0.3 is 0 Å². The summed E-state index contributed by atoms with van der Waals surface area (Å²) >= 11 is 1.52. The second kappa shape index (κ2) is 9.17. The van der Waals surface area contributed by atoms with Crippen molar-refractivity contribution in [3.05, 3.63) is 60.0 Å². The highest BCUT2D eigenvalue weighted by Crippen LogP contribution is 2.34. The zero-order valence-electron chi connectivity index (χ0n) is 18.3. The zero-order valence-corrected chi connectivity index (χ0v) is 19.1. The van der Waals surface area contributed by atoms with Gasteiger partial charge in [0.1, 0.15) is 11.1 Å². The number of nitrogen functional groups attached to an aromatic ring is 1. The summed E-state index contributed by atoms with van der Waals surface area (Å²) in [6.07, 6.45) is 4.45. The summed E-state index contributed by atoms with van der Waals surface area (Å²) in [5.41, 5.74) is 10.1. The van der Waals surface area contributed by atoms with E-state index in [9.17, 15) is 4.79 Å². The number of hydroxylamine groups is 1. The van der Waals surface area contributed by atoms with Crippen LogP contribution in [0.5, 0.6) is 0 Å². The van der Waals surface area contributed by atoms with Crippen LogP contribution in [0.15, 0.2) is 48.9 Å². The maximum atomic E-state index is 11.5. The molecule has 1 saturated heterocycles. The van der Waals surface area contributed by atoms with Gasteiger partial charge in [0.2, 0.25) is 11.9 Å². The van der Waals surface area contributed by atoms with Crippen LogP contribution in [-0.2, 0) is 4.74 Å². The van der Waals surface area contributed by atoms with Crippen LogP contribution in [0.4, 0.5) is 22.6 Å². The minimum absolute atomic E-state index is 0.0779. The Bertz CT molecular complexity index is 1310. The predicted molar refractivity (Wildman–Crippen MR) is 129 cm³/mol. The number of nitrogens with one attached hydrogen (secondary N) is 1. The van der Waals surface area contributed by atoms with Gasteiger partial charge in [-0.3, -0.25) is 10.0 Å². The van der Waals surface area contributed by atoms with Crippen molar-refractivity contribution in [1.82, 2.24) is 25.4 Å². The van der Waals surface area contributed by atoms with Crippen molar-refractivity contribution in [1.29, 1.82) is 0 Å². The molecule has 11 nitrogen and oxygen atoms in total. The van der Waals surface area contributed by atoms with Gasteiger partial charge in [0.05, 0.1) is 35.1 Å². The molecule has 1 aliphatic rings. The summed E-state index contributed by atoms with van der Waals surface area (Å²) in [7, 11) is 1.83. The third kappa shape index (κ3) is 4.33. The first-order chi connectivity index (χ1) is 16.5. The highest BCUT2D eigenvalue weighted by atomic mass is 32.1. The van der Waals surface area contributed by atoms with Crippen LogP contribution in [-0.4, -0.2) is 57.8 Å². The van der Waals surface area contributed by atoms with Gasteiger partial charge in [0.15, 0.2) is 0 Å². The van der Waals surface area contributed by atoms with Gasteiger partial charge in [-0.2, -0.15) is 0 Å². The number of thiophene rings is 1. The largest absolute Gasteiger partial charge is 0.399 e. The molecule has 0 aliphatic carbocycles. The molecule has 1 aromatic carbocycles. The number of benzene rings is 1. The fourth-order valence-electron chi connectivity index (χ4n) is 3.65. The number of hydrogen-bond acceptors (Lipinski definition) is 11. The maximum Gasteiger partial charge on any atom is 0.277 e. The summed E-state index contributed by atoms with van der Waals surface area (Å²) < 4.78 is 6.90. The Morgan fingerprint density at radius 2 is 2.00 bits per heavy atom. The molecule has 0 spiro atoms. The summed E-state index contributed by atoms with van der Waals surface area (Å²) in [5.74, 6) is 0.397. The smallest absolute Gasteiger partial charge is 0.277 e. The number of ether oxygens (including phenoxy) is 1. The summed E-state index contributed by atoms with van der Waals surface area (Å²) in [5, 5.41) is 9.61. The number of morpholine rings is 1. The Kier molecular flexibility index (Phi) is 5.92. The summed E-state index contributed by atoms with van der Waals surface area (Å²) in [6.45, 7) is 1.93. The van der Waals surface area contributed by atoms with Crippen molar-refractivity contribution in [3.8, 4) is 0 Å². The summed E-state index contributed by atoms with van der Waals surface area (Å²) in [4.78, 5) is 33.2. The Balaban J connectivity index is 1.35. The zero-order chi connectivity index (χ0) is 23.7. The maximum absolute atomic E-state index is 11.5. The molecule has 1 fully saturated rings. The van der Waals surface area contributed by atoms with Crippen LogP contribution in [0.3, 0.4) is 0 Å². The SMILES string of the molecule is CN(c1ncc(C(=O)NO)cn1)c1cc2nc(N3CCOC(c4ccc(N)cc4)C3)ncc2s1. The normalized spacial score (nSPS) is 15.9. The lowest BCUT2D eigenvalue weighted by Crippen LogP contribution is -2.39. The van der Waals surface area contributed by atoms with Crippen LogP contribution < -0.4 is 21.0 Å². The molecular weight excluding hydrogens is 456 g/mol. The van der Waals surface area contributed by atoms with E-state index < -0.39 is 5.91 Å². The molecule has 0 saturated carbocycles. The van der Waals surface area contributed by atoms with E-state index in [2.05, 4.69) is 19.9 Å². The van der Waals surface area contributed by atoms with Crippen molar-refractivity contribution in [2.75, 3.05) is 42.3 Å². The highest BCUT2D eigenvalue weighted by Gasteiger charge is 2.24. The Hall–Kier alpha value is -3.87. The second-order valence-corrected chi connectivity index (χ2v) is 8.81. The second-order valence-electron chi connectivity index (χ2n) is 7.75. The standard InChI is InChI=1S/C22H22N8O3S/c1-29(21-24-9-14(10-25-21)20(31)28-32)19-8-16-18(34-19)11-26-22(27-16)30-6-7-33-17(12-30)13-2-4-15(23)5-3-13/h2-5,8-11,17,32H,6-7,12,23H2,1H3,(H,28,31). The number of carbonyl (C=O) groups is 1. The van der Waals surface area contributed by atoms with E-state index in [-0.39, 0.29) is 11.7 Å². The fraction of sp³-hybridized carbons (Fsp3) is 0.227. The third-order valence-corrected chi connectivity index (χ3v) is 6.67. The van der Waals surface area contributed by atoms with Gasteiger partial charge in [-0.25, -0.2) is 25.4 Å². The number of carbonyl (C=O) groups excluding carboxylic acids is 1. The van der Waals surface area contributed by atoms with Crippen molar-refractivity contribution < 1.29 is 14.7 Å². The third-order valence-electron chi connectivity index (χ3n) is 5.53. The van der Waals surface area contributed by atoms with E-state index in [1.54, 1.807) is 10.4 Å². The molecule has 1 aliphatic heterocycles. The Labute approximate surface area is 198 Å². The lowest BCUT2D eigenvalue weighted by atomic mass is 10.1. The van der Waals surface area contributed by atoms with Gasteiger partial charge in [0, 0.05) is 31.7 Å². The molecule has 174 valence electrons. The number of hydrogen-bond donors (Lipinski definition) is 3. The van der Waals surface area contributed by atoms with Gasteiger partial charge in [-0.1, -0.05) is 12.1 Å². The minimum atomic E-state index is -0.666. The van der Waals surface area contributed by atoms with Crippen LogP contribution in [0, 0.1) is 0 Å². The minimum Gasteiger partial charge on any atom is -0.399 e. The molecule has 0 radical (unpaired) electrons. The fourth-order valence-corrected chi connectivity index (χ4v) is 4.58. The van der Waals surface area contributed by atoms with E-state index in [0.29, 0.717) is 31.6 Å². The van der Waals surface area contributed by atoms with Crippen LogP contribution in [0.1, 0.15) is 22.0 Å². The van der Waals surface area contributed by atoms with E-state index in [4.69, 9.17) is 20.7 Å². The van der Waals surface area contributed by atoms with E-state index >= 15 is 0 Å². The average molecular weight is 479 g/mol. The first kappa shape index (κ1) is 21.9. The molecule has 12 heteroatoms. The first-order valence-electron chi connectivity index (χ1n) is 10.5. The first-order valence-corrected chi connectivity index (χ1v) is 11.3. The van der Waals surface area contributed by atoms with Gasteiger partial charge in [-0.15, -0.1) is 11.3 Å². The number of nitrogens with two attached hydrogens (primary N) is 1. The molecule has 1 atom stereocenters. The van der Waals surface area contributed by atoms with Crippen molar-refractivity contribution in [2.45, 2.75) is 6.10 Å². The molecule has 4 heterocycles. The summed E-state index contributed by atoms with van der Waals surface area (Å²) in [6, 6.07) is 9.68. The number of rotatable bonds is 5. The lowest BCUT2D eigenvalue weighted by molar-refractivity contribution is 0.0392. The molecule has 1 amide bonds. The highest BCUT2D eigenvalue weighted by molar-refractivity contribution is 7.22. The molecule has 0 bridgehead atoms. The molecule has 34 heavy (non-hydrogen) atoms. The van der Waals surface area contributed by atoms with E-state index in [1.807, 2.05) is 43.6 Å². The number of anilines is 4. The molecule has 4 aromatic rings. The van der Waals surface area contributed by atoms with Crippen molar-refractivity contribution in [2.24, 2.45) is 0 Å². The van der Waals surface area contributed by atoms with Gasteiger partial charge in [-0.05, 0) is 23.8 Å². The topological polar surface area (TPSA) is 143 Å². The van der Waals surface area contributed by atoms with Crippen LogP contribution in [0.25, 0.3) is 10.2 Å². The van der Waals surface area contributed by atoms with E-state index in [1.165, 1.54) is 23.7 Å². The molecule has 3 aromatic heterocycles. The van der Waals surface area contributed by atoms with Gasteiger partial charge in [0.25, 0.3) is 5.91 Å². The molecular formula is C22H22N8O3S. The van der Waals surface area contributed by atoms with Gasteiger partial charge < -0.3 is 20.3 Å². The molecule has 4 N–H and O–H groups in total. The lowest BCUT2D eigenvalue weighted by Gasteiger charge is -2.33. The Morgan fingerprint density at radius 3 is 2.74 bits per heavy atom. The van der Waals surface area contributed by atoms with Crippen molar-refractivity contribution >= 4 is 50.0 Å². The van der Waals surface area contributed by atoms with E-state index in [0.717, 1.165) is 26.5 Å². The predicted octanol–water partition coefficient (Wildman–Crippen LogP) is 2.53. The average Bonchev–Trinajstić information content (AvgIpc) is 3.32. The van der Waals surface area contributed by atoms with Crippen LogP contribution in [0.2, 0.25) is 0 Å². The molecule has 1 unspecified atom stereocenters. The number of amides is 1.